The van der Waals surface area contributed by atoms with Gasteiger partial charge in [0.05, 0.1) is 18.6 Å². The van der Waals surface area contributed by atoms with E-state index in [4.69, 9.17) is 4.74 Å². The molecule has 4 heteroatoms. The molecule has 2 rings (SSSR count). The third-order valence-electron chi connectivity index (χ3n) is 2.99. The van der Waals surface area contributed by atoms with Crippen LogP contribution in [0.3, 0.4) is 0 Å². The fourth-order valence-electron chi connectivity index (χ4n) is 1.99. The van der Waals surface area contributed by atoms with Crippen LogP contribution in [0.1, 0.15) is 18.9 Å². The number of anilines is 1. The molecule has 3 nitrogen and oxygen atoms in total. The molecule has 1 aromatic carbocycles. The van der Waals surface area contributed by atoms with E-state index >= 15 is 0 Å². The molecule has 2 unspecified atom stereocenters. The van der Waals surface area contributed by atoms with Gasteiger partial charge in [0, 0.05) is 11.0 Å². The van der Waals surface area contributed by atoms with Gasteiger partial charge in [0.2, 0.25) is 5.91 Å². The van der Waals surface area contributed by atoms with E-state index in [2.05, 4.69) is 21.2 Å². The quantitative estimate of drug-likeness (QED) is 0.871. The average Bonchev–Trinajstić information content (AvgIpc) is 2.77. The number of benzene rings is 1. The Hall–Kier alpha value is -0.870. The van der Waals surface area contributed by atoms with Crippen molar-refractivity contribution in [1.82, 2.24) is 0 Å². The summed E-state index contributed by atoms with van der Waals surface area (Å²) in [7, 11) is 0. The Balaban J connectivity index is 2.03. The van der Waals surface area contributed by atoms with Gasteiger partial charge >= 0.3 is 0 Å². The lowest BCUT2D eigenvalue weighted by Crippen LogP contribution is -2.23. The molecule has 0 saturated carbocycles. The van der Waals surface area contributed by atoms with Crippen molar-refractivity contribution in [2.75, 3.05) is 11.9 Å². The number of amides is 1. The predicted octanol–water partition coefficient (Wildman–Crippen LogP) is 2.95. The van der Waals surface area contributed by atoms with Gasteiger partial charge in [-0.2, -0.15) is 0 Å². The molecule has 0 spiro atoms. The van der Waals surface area contributed by atoms with Crippen molar-refractivity contribution in [1.29, 1.82) is 0 Å². The smallest absolute Gasteiger partial charge is 0.229 e. The Labute approximate surface area is 110 Å². The van der Waals surface area contributed by atoms with Crippen LogP contribution in [0.15, 0.2) is 24.3 Å². The second-order valence-corrected chi connectivity index (χ2v) is 4.92. The number of nitrogens with one attached hydrogen (secondary N) is 1. The van der Waals surface area contributed by atoms with Gasteiger partial charge in [0.15, 0.2) is 0 Å². The number of hydrogen-bond acceptors (Lipinski definition) is 2. The van der Waals surface area contributed by atoms with Crippen LogP contribution in [0.4, 0.5) is 5.69 Å². The molecule has 1 saturated heterocycles. The normalized spacial score (nSPS) is 23.6. The molecule has 1 fully saturated rings. The summed E-state index contributed by atoms with van der Waals surface area (Å²) >= 11 is 3.42. The molecule has 0 aliphatic carbocycles. The molecule has 1 aromatic rings. The van der Waals surface area contributed by atoms with Crippen molar-refractivity contribution in [3.05, 3.63) is 29.8 Å². The van der Waals surface area contributed by atoms with Crippen LogP contribution < -0.4 is 5.32 Å². The van der Waals surface area contributed by atoms with Gasteiger partial charge in [0.25, 0.3) is 0 Å². The molecule has 92 valence electrons. The van der Waals surface area contributed by atoms with Crippen LogP contribution in [0.5, 0.6) is 0 Å². The van der Waals surface area contributed by atoms with Crippen molar-refractivity contribution < 1.29 is 9.53 Å². The summed E-state index contributed by atoms with van der Waals surface area (Å²) in [6.45, 7) is 2.53. The van der Waals surface area contributed by atoms with Crippen molar-refractivity contribution in [2.45, 2.75) is 24.8 Å². The molecule has 1 heterocycles. The standard InChI is InChI=1S/C13H16BrNO2/c1-9-6-11(8-17-9)13(16)15-12-5-3-2-4-10(12)7-14/h2-5,9,11H,6-8H2,1H3,(H,15,16). The van der Waals surface area contributed by atoms with Crippen LogP contribution in [-0.2, 0) is 14.9 Å². The first-order valence-electron chi connectivity index (χ1n) is 5.77. The largest absolute Gasteiger partial charge is 0.378 e. The van der Waals surface area contributed by atoms with Crippen molar-refractivity contribution in [2.24, 2.45) is 5.92 Å². The Kier molecular flexibility index (Phi) is 4.18. The summed E-state index contributed by atoms with van der Waals surface area (Å²) < 4.78 is 5.41. The Morgan fingerprint density at radius 2 is 2.29 bits per heavy atom. The highest BCUT2D eigenvalue weighted by Crippen LogP contribution is 2.23. The number of ether oxygens (including phenoxy) is 1. The first-order valence-corrected chi connectivity index (χ1v) is 6.89. The summed E-state index contributed by atoms with van der Waals surface area (Å²) in [5.74, 6) is 0.0381. The number of carbonyl (C=O) groups is 1. The lowest BCUT2D eigenvalue weighted by atomic mass is 10.1. The summed E-state index contributed by atoms with van der Waals surface area (Å²) in [6, 6.07) is 7.81. The maximum atomic E-state index is 12.0. The third-order valence-corrected chi connectivity index (χ3v) is 3.59. The minimum atomic E-state index is -0.0200. The van der Waals surface area contributed by atoms with E-state index in [0.717, 1.165) is 23.0 Å². The first-order chi connectivity index (χ1) is 8.20. The molecule has 0 bridgehead atoms. The van der Waals surface area contributed by atoms with Crippen molar-refractivity contribution in [3.8, 4) is 0 Å². The summed E-state index contributed by atoms with van der Waals surface area (Å²) in [5, 5.41) is 3.71. The van der Waals surface area contributed by atoms with E-state index in [1.807, 2.05) is 31.2 Å². The van der Waals surface area contributed by atoms with Gasteiger partial charge in [-0.3, -0.25) is 4.79 Å². The maximum absolute atomic E-state index is 12.0. The van der Waals surface area contributed by atoms with E-state index in [1.54, 1.807) is 0 Å². The molecule has 1 aliphatic heterocycles. The zero-order valence-corrected chi connectivity index (χ0v) is 11.4. The van der Waals surface area contributed by atoms with Crippen LogP contribution in [0, 0.1) is 5.92 Å². The second kappa shape index (κ2) is 5.65. The predicted molar refractivity (Wildman–Crippen MR) is 71.2 cm³/mol. The van der Waals surface area contributed by atoms with E-state index in [0.29, 0.717) is 6.61 Å². The van der Waals surface area contributed by atoms with Crippen LogP contribution >= 0.6 is 15.9 Å². The number of rotatable bonds is 3. The molecule has 17 heavy (non-hydrogen) atoms. The highest BCUT2D eigenvalue weighted by molar-refractivity contribution is 9.08. The third kappa shape index (κ3) is 3.07. The van der Waals surface area contributed by atoms with Crippen LogP contribution in [0.25, 0.3) is 0 Å². The van der Waals surface area contributed by atoms with Gasteiger partial charge in [-0.25, -0.2) is 0 Å². The summed E-state index contributed by atoms with van der Waals surface area (Å²) in [5.41, 5.74) is 1.97. The lowest BCUT2D eigenvalue weighted by Gasteiger charge is -2.12. The van der Waals surface area contributed by atoms with Gasteiger partial charge < -0.3 is 10.1 Å². The number of alkyl halides is 1. The SMILES string of the molecule is CC1CC(C(=O)Nc2ccccc2CBr)CO1. The second-order valence-electron chi connectivity index (χ2n) is 4.36. The summed E-state index contributed by atoms with van der Waals surface area (Å²) in [6.07, 6.45) is 1.000. The Bertz CT molecular complexity index is 408. The van der Waals surface area contributed by atoms with Crippen molar-refractivity contribution in [3.63, 3.8) is 0 Å². The highest BCUT2D eigenvalue weighted by Gasteiger charge is 2.28. The average molecular weight is 298 g/mol. The maximum Gasteiger partial charge on any atom is 0.229 e. The molecule has 1 N–H and O–H groups in total. The number of halogens is 1. The van der Waals surface area contributed by atoms with Crippen LogP contribution in [0.2, 0.25) is 0 Å². The van der Waals surface area contributed by atoms with E-state index < -0.39 is 0 Å². The van der Waals surface area contributed by atoms with E-state index in [9.17, 15) is 4.79 Å². The summed E-state index contributed by atoms with van der Waals surface area (Å²) in [4.78, 5) is 12.0. The number of para-hydroxylation sites is 1. The number of hydrogen-bond donors (Lipinski definition) is 1. The Morgan fingerprint density at radius 3 is 2.94 bits per heavy atom. The fraction of sp³-hybridized carbons (Fsp3) is 0.462. The van der Waals surface area contributed by atoms with Crippen molar-refractivity contribution >= 4 is 27.5 Å². The molecule has 1 aliphatic rings. The monoisotopic (exact) mass is 297 g/mol. The topological polar surface area (TPSA) is 38.3 Å². The van der Waals surface area contributed by atoms with E-state index in [1.165, 1.54) is 0 Å². The molecule has 2 atom stereocenters. The van der Waals surface area contributed by atoms with E-state index in [-0.39, 0.29) is 17.9 Å². The molecule has 0 aromatic heterocycles. The Morgan fingerprint density at radius 1 is 1.53 bits per heavy atom. The van der Waals surface area contributed by atoms with Gasteiger partial charge in [-0.15, -0.1) is 0 Å². The fourth-order valence-corrected chi connectivity index (χ4v) is 2.48. The van der Waals surface area contributed by atoms with Gasteiger partial charge in [-0.05, 0) is 25.0 Å². The minimum Gasteiger partial charge on any atom is -0.378 e. The molecular formula is C13H16BrNO2. The first kappa shape index (κ1) is 12.6. The lowest BCUT2D eigenvalue weighted by molar-refractivity contribution is -0.119. The van der Waals surface area contributed by atoms with Gasteiger partial charge in [-0.1, -0.05) is 34.1 Å². The highest BCUT2D eigenvalue weighted by atomic mass is 79.9. The zero-order chi connectivity index (χ0) is 12.3. The molecular weight excluding hydrogens is 282 g/mol. The zero-order valence-electron chi connectivity index (χ0n) is 9.78. The minimum absolute atomic E-state index is 0.0200. The van der Waals surface area contributed by atoms with Crippen LogP contribution in [-0.4, -0.2) is 18.6 Å². The van der Waals surface area contributed by atoms with Gasteiger partial charge in [0.1, 0.15) is 0 Å². The molecule has 0 radical (unpaired) electrons. The molecule has 1 amide bonds. The number of carbonyl (C=O) groups excluding carboxylic acids is 1.